The number of fused-ring (bicyclic) bond motifs is 1. The molecule has 1 N–H and O–H groups in total. The maximum Gasteiger partial charge on any atom is 0.343 e. The maximum absolute atomic E-state index is 13.1. The summed E-state index contributed by atoms with van der Waals surface area (Å²) < 4.78 is 47.2. The van der Waals surface area contributed by atoms with Gasteiger partial charge in [0, 0.05) is 17.4 Å². The third-order valence-electron chi connectivity index (χ3n) is 9.47. The zero-order valence-electron chi connectivity index (χ0n) is 31.6. The largest absolute Gasteiger partial charge is 0.494 e. The van der Waals surface area contributed by atoms with Gasteiger partial charge in [-0.3, -0.25) is 4.98 Å². The van der Waals surface area contributed by atoms with Crippen molar-refractivity contribution in [1.29, 1.82) is 10.7 Å². The number of pyridine rings is 1. The number of esters is 3. The molecule has 12 heteroatoms. The van der Waals surface area contributed by atoms with E-state index < -0.39 is 18.0 Å². The molecule has 0 radical (unpaired) electrons. The molecule has 0 bridgehead atoms. The molecular formula is C45H43F2N3O7. The van der Waals surface area contributed by atoms with Gasteiger partial charge in [0.05, 0.1) is 41.8 Å². The lowest BCUT2D eigenvalue weighted by Gasteiger charge is -2.24. The molecule has 1 saturated carbocycles. The van der Waals surface area contributed by atoms with Gasteiger partial charge < -0.3 is 24.4 Å². The standard InChI is InChI=1S/C45H43F2N3O7/c1-29(2)43(51)55-20-6-4-3-5-19-54-39-17-14-32-22-34(13-12-33(32)25-39)44(52)56-40-18-15-35(23-36(40)26-48)45(53)57-41-28-50-38(24-37(41)27-49)16-11-30-7-9-31(10-8-30)21-42(46)47/h11-18,21-25,27-28,30-31,49H,1,3-10,19-20H2,2H3/b16-11+,49-27?. The van der Waals surface area contributed by atoms with E-state index in [1.807, 2.05) is 30.3 Å². The number of carbonyl (C=O) groups is 3. The minimum absolute atomic E-state index is 0.0228. The number of nitriles is 1. The molecule has 0 aliphatic heterocycles. The molecule has 0 atom stereocenters. The summed E-state index contributed by atoms with van der Waals surface area (Å²) in [6, 6.07) is 18.2. The van der Waals surface area contributed by atoms with Crippen LogP contribution in [0.2, 0.25) is 0 Å². The Morgan fingerprint density at radius 2 is 1.51 bits per heavy atom. The van der Waals surface area contributed by atoms with Crippen molar-refractivity contribution in [2.75, 3.05) is 13.2 Å². The topological polar surface area (TPSA) is 149 Å². The predicted molar refractivity (Wildman–Crippen MR) is 212 cm³/mol. The van der Waals surface area contributed by atoms with Crippen LogP contribution in [0.3, 0.4) is 0 Å². The smallest absolute Gasteiger partial charge is 0.343 e. The van der Waals surface area contributed by atoms with Gasteiger partial charge in [-0.15, -0.1) is 0 Å². The van der Waals surface area contributed by atoms with E-state index in [0.717, 1.165) is 61.6 Å². The second kappa shape index (κ2) is 20.4. The number of carbonyl (C=O) groups excluding carboxylic acids is 3. The SMILES string of the molecule is C=C(C)C(=O)OCCCCCCOc1ccc2cc(C(=O)Oc3ccc(C(=O)Oc4cnc(/C=C/C5CCC(C=C(F)F)CC5)cc4C=N)cc3C#N)ccc2c1. The van der Waals surface area contributed by atoms with Crippen LogP contribution in [-0.2, 0) is 9.53 Å². The summed E-state index contributed by atoms with van der Waals surface area (Å²) >= 11 is 0. The van der Waals surface area contributed by atoms with Crippen molar-refractivity contribution in [3.8, 4) is 23.3 Å². The summed E-state index contributed by atoms with van der Waals surface area (Å²) in [5, 5.41) is 19.3. The number of halogens is 2. The van der Waals surface area contributed by atoms with E-state index >= 15 is 0 Å². The molecule has 0 spiro atoms. The summed E-state index contributed by atoms with van der Waals surface area (Å²) in [6.07, 6.45) is 12.0. The number of hydrogen-bond donors (Lipinski definition) is 1. The number of ether oxygens (including phenoxy) is 4. The first-order valence-electron chi connectivity index (χ1n) is 18.7. The Morgan fingerprint density at radius 1 is 0.860 bits per heavy atom. The molecule has 57 heavy (non-hydrogen) atoms. The summed E-state index contributed by atoms with van der Waals surface area (Å²) in [5.41, 5.74) is 1.47. The Labute approximate surface area is 329 Å². The predicted octanol–water partition coefficient (Wildman–Crippen LogP) is 10.2. The van der Waals surface area contributed by atoms with Crippen molar-refractivity contribution in [3.05, 3.63) is 125 Å². The number of aromatic nitrogens is 1. The molecule has 0 amide bonds. The van der Waals surface area contributed by atoms with Crippen LogP contribution in [-0.4, -0.2) is 42.3 Å². The van der Waals surface area contributed by atoms with E-state index in [2.05, 4.69) is 11.6 Å². The van der Waals surface area contributed by atoms with Crippen LogP contribution in [0.1, 0.15) is 95.8 Å². The number of rotatable bonds is 17. The molecule has 0 unspecified atom stereocenters. The monoisotopic (exact) mass is 775 g/mol. The van der Waals surface area contributed by atoms with Gasteiger partial charge in [-0.2, -0.15) is 14.0 Å². The quantitative estimate of drug-likeness (QED) is 0.0364. The maximum atomic E-state index is 13.1. The zero-order valence-corrected chi connectivity index (χ0v) is 31.6. The zero-order chi connectivity index (χ0) is 40.7. The van der Waals surface area contributed by atoms with E-state index in [1.54, 1.807) is 37.3 Å². The first-order valence-corrected chi connectivity index (χ1v) is 18.7. The van der Waals surface area contributed by atoms with Crippen LogP contribution in [0.4, 0.5) is 8.78 Å². The highest BCUT2D eigenvalue weighted by molar-refractivity contribution is 5.97. The van der Waals surface area contributed by atoms with Crippen molar-refractivity contribution in [2.45, 2.75) is 58.3 Å². The minimum Gasteiger partial charge on any atom is -0.494 e. The number of allylic oxidation sites excluding steroid dienone is 2. The highest BCUT2D eigenvalue weighted by Gasteiger charge is 2.20. The van der Waals surface area contributed by atoms with Crippen molar-refractivity contribution in [3.63, 3.8) is 0 Å². The van der Waals surface area contributed by atoms with Crippen LogP contribution < -0.4 is 14.2 Å². The van der Waals surface area contributed by atoms with Gasteiger partial charge in [0.2, 0.25) is 0 Å². The normalized spacial score (nSPS) is 15.0. The summed E-state index contributed by atoms with van der Waals surface area (Å²) in [5.74, 6) is -1.03. The lowest BCUT2D eigenvalue weighted by atomic mass is 9.82. The highest BCUT2D eigenvalue weighted by atomic mass is 19.3. The van der Waals surface area contributed by atoms with Crippen molar-refractivity contribution >= 4 is 41.0 Å². The van der Waals surface area contributed by atoms with Gasteiger partial charge in [-0.1, -0.05) is 24.8 Å². The molecule has 1 heterocycles. The van der Waals surface area contributed by atoms with Crippen LogP contribution in [0.25, 0.3) is 16.8 Å². The van der Waals surface area contributed by atoms with Gasteiger partial charge in [-0.05, 0) is 142 Å². The Bertz CT molecular complexity index is 2230. The molecule has 1 aliphatic rings. The molecule has 1 aromatic heterocycles. The Kier molecular flexibility index (Phi) is 14.9. The van der Waals surface area contributed by atoms with Gasteiger partial charge in [0.15, 0.2) is 5.75 Å². The molecule has 10 nitrogen and oxygen atoms in total. The van der Waals surface area contributed by atoms with E-state index in [-0.39, 0.29) is 46.0 Å². The second-order valence-electron chi connectivity index (χ2n) is 13.8. The lowest BCUT2D eigenvalue weighted by Crippen LogP contribution is -2.12. The summed E-state index contributed by atoms with van der Waals surface area (Å²) in [6.45, 7) is 6.09. The number of benzene rings is 3. The van der Waals surface area contributed by atoms with Gasteiger partial charge in [-0.25, -0.2) is 14.4 Å². The fourth-order valence-corrected chi connectivity index (χ4v) is 6.31. The Morgan fingerprint density at radius 3 is 2.21 bits per heavy atom. The van der Waals surface area contributed by atoms with Crippen LogP contribution in [0.15, 0.2) is 97.2 Å². The molecule has 294 valence electrons. The average Bonchev–Trinajstić information content (AvgIpc) is 3.21. The number of hydrogen-bond acceptors (Lipinski definition) is 10. The minimum atomic E-state index is -1.64. The third-order valence-corrected chi connectivity index (χ3v) is 9.47. The fraction of sp³-hybridized carbons (Fsp3) is 0.289. The number of nitrogens with one attached hydrogen (secondary N) is 1. The molecule has 3 aromatic carbocycles. The molecular weight excluding hydrogens is 733 g/mol. The van der Waals surface area contributed by atoms with Gasteiger partial charge in [0.1, 0.15) is 17.6 Å². The number of nitrogens with zero attached hydrogens (tertiary/aromatic N) is 2. The molecule has 4 aromatic rings. The summed E-state index contributed by atoms with van der Waals surface area (Å²) in [4.78, 5) is 42.0. The molecule has 1 fully saturated rings. The van der Waals surface area contributed by atoms with Gasteiger partial charge in [0.25, 0.3) is 6.08 Å². The van der Waals surface area contributed by atoms with E-state index in [1.165, 1.54) is 24.4 Å². The first kappa shape index (κ1) is 41.7. The van der Waals surface area contributed by atoms with Crippen LogP contribution >= 0.6 is 0 Å². The highest BCUT2D eigenvalue weighted by Crippen LogP contribution is 2.32. The van der Waals surface area contributed by atoms with Crippen molar-refractivity contribution in [2.24, 2.45) is 11.8 Å². The second-order valence-corrected chi connectivity index (χ2v) is 13.8. The van der Waals surface area contributed by atoms with E-state index in [0.29, 0.717) is 48.6 Å². The first-order chi connectivity index (χ1) is 27.5. The molecule has 0 saturated heterocycles. The van der Waals surface area contributed by atoms with Gasteiger partial charge >= 0.3 is 17.9 Å². The fourth-order valence-electron chi connectivity index (χ4n) is 6.31. The van der Waals surface area contributed by atoms with Crippen molar-refractivity contribution < 1.29 is 42.1 Å². The Balaban J connectivity index is 1.13. The molecule has 5 rings (SSSR count). The Hall–Kier alpha value is -6.48. The number of unbranched alkanes of at least 4 members (excludes halogenated alkanes) is 3. The lowest BCUT2D eigenvalue weighted by molar-refractivity contribution is -0.139. The van der Waals surface area contributed by atoms with Crippen LogP contribution in [0, 0.1) is 28.6 Å². The van der Waals surface area contributed by atoms with E-state index in [9.17, 15) is 28.4 Å². The average molecular weight is 776 g/mol. The van der Waals surface area contributed by atoms with Crippen molar-refractivity contribution in [1.82, 2.24) is 4.98 Å². The summed E-state index contributed by atoms with van der Waals surface area (Å²) in [7, 11) is 0. The third kappa shape index (κ3) is 12.3. The van der Waals surface area contributed by atoms with Crippen LogP contribution in [0.5, 0.6) is 17.2 Å². The molecule has 1 aliphatic carbocycles. The van der Waals surface area contributed by atoms with E-state index in [4.69, 9.17) is 24.4 Å².